The summed E-state index contributed by atoms with van der Waals surface area (Å²) >= 11 is 0. The third-order valence-corrected chi connectivity index (χ3v) is 2.79. The fourth-order valence-corrected chi connectivity index (χ4v) is 1.73. The van der Waals surface area contributed by atoms with Crippen LogP contribution < -0.4 is 4.74 Å². The number of phenolic OH excluding ortho intramolecular Hbond substituents is 1. The normalized spacial score (nSPS) is 10.7. The van der Waals surface area contributed by atoms with E-state index in [2.05, 4.69) is 4.84 Å². The minimum absolute atomic E-state index is 0.00870. The van der Waals surface area contributed by atoms with E-state index in [1.807, 2.05) is 0 Å². The Hall–Kier alpha value is -2.45. The zero-order valence-corrected chi connectivity index (χ0v) is 11.5. The Morgan fingerprint density at radius 2 is 1.55 bits per heavy atom. The van der Waals surface area contributed by atoms with Crippen LogP contribution in [0.2, 0.25) is 0 Å². The van der Waals surface area contributed by atoms with Crippen molar-refractivity contribution in [2.45, 2.75) is 13.0 Å². The van der Waals surface area contributed by atoms with Crippen molar-refractivity contribution in [2.24, 2.45) is 0 Å². The predicted molar refractivity (Wildman–Crippen MR) is 74.1 cm³/mol. The Morgan fingerprint density at radius 1 is 0.955 bits per heavy atom. The summed E-state index contributed by atoms with van der Waals surface area (Å²) in [7, 11) is 0. The van der Waals surface area contributed by atoms with Crippen LogP contribution in [0.1, 0.15) is 11.1 Å². The van der Waals surface area contributed by atoms with Crippen molar-refractivity contribution >= 4 is 5.97 Å². The first-order chi connectivity index (χ1) is 10.5. The van der Waals surface area contributed by atoms with Gasteiger partial charge in [0.05, 0.1) is 18.4 Å². The van der Waals surface area contributed by atoms with Crippen molar-refractivity contribution in [2.75, 3.05) is 0 Å². The van der Waals surface area contributed by atoms with Gasteiger partial charge in [-0.1, -0.05) is 24.3 Å². The highest BCUT2D eigenvalue weighted by molar-refractivity contribution is 5.75. The first-order valence-electron chi connectivity index (χ1n) is 6.41. The molecule has 0 atom stereocenters. The zero-order chi connectivity index (χ0) is 15.9. The number of carbonyl (C=O) groups excluding carboxylic acids is 1. The molecular formula is C15H15NO6. The second kappa shape index (κ2) is 7.53. The summed E-state index contributed by atoms with van der Waals surface area (Å²) in [4.78, 5) is 16.3. The average Bonchev–Trinajstić information content (AvgIpc) is 2.49. The lowest BCUT2D eigenvalue weighted by molar-refractivity contribution is -0.497. The van der Waals surface area contributed by atoms with Crippen LogP contribution in [-0.4, -0.2) is 26.9 Å². The number of ether oxygens (including phenoxy) is 1. The Bertz CT molecular complexity index is 609. The number of benzene rings is 2. The van der Waals surface area contributed by atoms with E-state index >= 15 is 0 Å². The predicted octanol–water partition coefficient (Wildman–Crippen LogP) is 2.05. The van der Waals surface area contributed by atoms with E-state index in [9.17, 15) is 4.79 Å². The molecule has 0 aliphatic rings. The molecule has 7 heteroatoms. The van der Waals surface area contributed by atoms with Gasteiger partial charge < -0.3 is 9.84 Å². The van der Waals surface area contributed by atoms with Crippen molar-refractivity contribution in [1.82, 2.24) is 5.39 Å². The van der Waals surface area contributed by atoms with Crippen molar-refractivity contribution in [3.8, 4) is 11.5 Å². The lowest BCUT2D eigenvalue weighted by atomic mass is 10.1. The molecule has 0 aliphatic heterocycles. The van der Waals surface area contributed by atoms with Crippen LogP contribution in [0, 0.1) is 0 Å². The molecule has 0 heterocycles. The van der Waals surface area contributed by atoms with Gasteiger partial charge in [0.1, 0.15) is 11.5 Å². The summed E-state index contributed by atoms with van der Waals surface area (Å²) in [5.74, 6) is 0.0346. The fourth-order valence-electron chi connectivity index (χ4n) is 1.73. The van der Waals surface area contributed by atoms with Gasteiger partial charge in [0.25, 0.3) is 0 Å². The molecule has 22 heavy (non-hydrogen) atoms. The Morgan fingerprint density at radius 3 is 2.14 bits per heavy atom. The monoisotopic (exact) mass is 305 g/mol. The number of nitrogens with zero attached hydrogens (tertiary/aromatic N) is 1. The summed E-state index contributed by atoms with van der Waals surface area (Å²) < 4.78 is 5.13. The molecule has 0 aliphatic carbocycles. The van der Waals surface area contributed by atoms with E-state index in [-0.39, 0.29) is 24.2 Å². The molecule has 0 amide bonds. The highest BCUT2D eigenvalue weighted by Gasteiger charge is 2.07. The zero-order valence-electron chi connectivity index (χ0n) is 11.5. The summed E-state index contributed by atoms with van der Waals surface area (Å²) in [5, 5.41) is 25.7. The molecule has 3 N–H and O–H groups in total. The molecule has 2 aromatic carbocycles. The molecule has 0 saturated carbocycles. The molecule has 2 rings (SSSR count). The molecular weight excluding hydrogens is 290 g/mol. The minimum Gasteiger partial charge on any atom is -0.508 e. The summed E-state index contributed by atoms with van der Waals surface area (Å²) in [6, 6.07) is 12.7. The van der Waals surface area contributed by atoms with E-state index in [1.165, 1.54) is 24.3 Å². The highest BCUT2D eigenvalue weighted by atomic mass is 17.1. The van der Waals surface area contributed by atoms with Crippen molar-refractivity contribution in [1.29, 1.82) is 0 Å². The van der Waals surface area contributed by atoms with Gasteiger partial charge in [0, 0.05) is 0 Å². The van der Waals surface area contributed by atoms with Gasteiger partial charge in [-0.2, -0.15) is 0 Å². The molecule has 7 nitrogen and oxygen atoms in total. The fraction of sp³-hybridized carbons (Fsp3) is 0.133. The molecule has 116 valence electrons. The van der Waals surface area contributed by atoms with Gasteiger partial charge in [0.2, 0.25) is 0 Å². The molecule has 0 aromatic heterocycles. The molecule has 2 aromatic rings. The lowest BCUT2D eigenvalue weighted by Crippen LogP contribution is -2.14. The number of hydrogen-bond acceptors (Lipinski definition) is 7. The van der Waals surface area contributed by atoms with Crippen LogP contribution in [0.3, 0.4) is 0 Å². The van der Waals surface area contributed by atoms with Crippen molar-refractivity contribution in [3.63, 3.8) is 0 Å². The van der Waals surface area contributed by atoms with E-state index in [4.69, 9.17) is 20.3 Å². The third kappa shape index (κ3) is 5.15. The number of aromatic hydroxyl groups is 1. The Balaban J connectivity index is 1.87. The van der Waals surface area contributed by atoms with E-state index in [0.717, 1.165) is 5.56 Å². The first-order valence-corrected chi connectivity index (χ1v) is 6.41. The minimum atomic E-state index is -0.424. The van der Waals surface area contributed by atoms with Gasteiger partial charge in [0.15, 0.2) is 0 Å². The lowest BCUT2D eigenvalue weighted by Gasteiger charge is -2.07. The van der Waals surface area contributed by atoms with Crippen molar-refractivity contribution in [3.05, 3.63) is 59.7 Å². The van der Waals surface area contributed by atoms with Crippen LogP contribution in [0.5, 0.6) is 11.5 Å². The van der Waals surface area contributed by atoms with Crippen molar-refractivity contribution < 1.29 is 29.9 Å². The molecule has 0 spiro atoms. The van der Waals surface area contributed by atoms with Crippen LogP contribution in [-0.2, 0) is 22.7 Å². The first kappa shape index (κ1) is 15.9. The van der Waals surface area contributed by atoms with Gasteiger partial charge in [-0.25, -0.2) is 4.84 Å². The van der Waals surface area contributed by atoms with Gasteiger partial charge >= 0.3 is 5.97 Å². The summed E-state index contributed by atoms with van der Waals surface area (Å²) in [6.45, 7) is -0.00870. The molecule has 0 unspecified atom stereocenters. The molecule has 0 saturated heterocycles. The van der Waals surface area contributed by atoms with Gasteiger partial charge in [-0.15, -0.1) is 0 Å². The maximum absolute atomic E-state index is 11.8. The quantitative estimate of drug-likeness (QED) is 0.426. The van der Waals surface area contributed by atoms with Crippen LogP contribution in [0.4, 0.5) is 0 Å². The van der Waals surface area contributed by atoms with Crippen LogP contribution in [0.15, 0.2) is 48.5 Å². The summed E-state index contributed by atoms with van der Waals surface area (Å²) in [6.07, 6.45) is 0.0914. The number of carbonyl (C=O) groups is 1. The second-order valence-electron chi connectivity index (χ2n) is 4.49. The van der Waals surface area contributed by atoms with Gasteiger partial charge in [-0.05, 0) is 35.4 Å². The average molecular weight is 305 g/mol. The smallest absolute Gasteiger partial charge is 0.315 e. The van der Waals surface area contributed by atoms with Gasteiger partial charge in [-0.3, -0.25) is 15.2 Å². The Kier molecular flexibility index (Phi) is 5.45. The van der Waals surface area contributed by atoms with E-state index in [0.29, 0.717) is 11.3 Å². The number of esters is 1. The summed E-state index contributed by atoms with van der Waals surface area (Å²) in [5.41, 5.74) is 1.46. The number of rotatable bonds is 6. The topological polar surface area (TPSA) is 99.5 Å². The molecule has 0 fully saturated rings. The second-order valence-corrected chi connectivity index (χ2v) is 4.49. The largest absolute Gasteiger partial charge is 0.508 e. The molecule has 0 bridgehead atoms. The van der Waals surface area contributed by atoms with Crippen LogP contribution in [0.25, 0.3) is 0 Å². The van der Waals surface area contributed by atoms with Crippen LogP contribution >= 0.6 is 0 Å². The number of hydrogen-bond donors (Lipinski definition) is 3. The number of phenols is 1. The third-order valence-electron chi connectivity index (χ3n) is 2.79. The standard InChI is InChI=1S/C15H15NO6/c17-13-5-7-14(8-6-13)22-15(18)9-11-1-3-12(4-2-11)10-21-16(19)20/h1-8,17,19-20H,9-10H2. The molecule has 0 radical (unpaired) electrons. The SMILES string of the molecule is O=C(Cc1ccc(CON(O)O)cc1)Oc1ccc(O)cc1. The Labute approximate surface area is 126 Å². The maximum Gasteiger partial charge on any atom is 0.315 e. The van der Waals surface area contributed by atoms with E-state index in [1.54, 1.807) is 24.3 Å². The maximum atomic E-state index is 11.8. The van der Waals surface area contributed by atoms with E-state index < -0.39 is 5.97 Å². The highest BCUT2D eigenvalue weighted by Crippen LogP contribution is 2.16.